The summed E-state index contributed by atoms with van der Waals surface area (Å²) in [5, 5.41) is 11.8. The molecule has 1 aliphatic rings. The van der Waals surface area contributed by atoms with Gasteiger partial charge in [-0.1, -0.05) is 58.5 Å². The standard InChI is InChI=1S/C25H16Cl4FNO5/c1-35-23-16(10-17(28)24(36-2)19(23)29)21(32)18-20(11-3-5-14(30)6-4-11)31(25(34)22(18)33)15-8-12(26)7-13(27)9-15/h3-10,20,32H,1-2H3/b21-18+. The summed E-state index contributed by atoms with van der Waals surface area (Å²) < 4.78 is 24.3. The van der Waals surface area contributed by atoms with Gasteiger partial charge in [-0.3, -0.25) is 14.5 Å². The van der Waals surface area contributed by atoms with Crippen molar-refractivity contribution in [2.75, 3.05) is 19.1 Å². The second-order valence-corrected chi connectivity index (χ2v) is 9.29. The number of carbonyl (C=O) groups excluding carboxylic acids is 2. The number of methoxy groups -OCH3 is 2. The van der Waals surface area contributed by atoms with Crippen molar-refractivity contribution in [2.24, 2.45) is 0 Å². The van der Waals surface area contributed by atoms with E-state index in [1.807, 2.05) is 0 Å². The highest BCUT2D eigenvalue weighted by atomic mass is 35.5. The molecule has 1 amide bonds. The van der Waals surface area contributed by atoms with E-state index in [0.29, 0.717) is 5.56 Å². The second kappa shape index (κ2) is 10.2. The highest BCUT2D eigenvalue weighted by Crippen LogP contribution is 2.48. The molecule has 1 atom stereocenters. The van der Waals surface area contributed by atoms with Crippen molar-refractivity contribution in [3.05, 3.63) is 91.1 Å². The Kier molecular flexibility index (Phi) is 7.38. The van der Waals surface area contributed by atoms with Gasteiger partial charge in [0.25, 0.3) is 11.7 Å². The van der Waals surface area contributed by atoms with E-state index in [1.54, 1.807) is 0 Å². The van der Waals surface area contributed by atoms with Crippen LogP contribution in [-0.4, -0.2) is 31.0 Å². The molecule has 0 radical (unpaired) electrons. The largest absolute Gasteiger partial charge is 0.507 e. The lowest BCUT2D eigenvalue weighted by Gasteiger charge is -2.26. The van der Waals surface area contributed by atoms with Gasteiger partial charge < -0.3 is 14.6 Å². The zero-order chi connectivity index (χ0) is 26.3. The molecule has 1 N–H and O–H groups in total. The van der Waals surface area contributed by atoms with Crippen molar-refractivity contribution in [3.63, 3.8) is 0 Å². The molecule has 0 spiro atoms. The number of hydrogen-bond acceptors (Lipinski definition) is 5. The number of ether oxygens (including phenoxy) is 2. The van der Waals surface area contributed by atoms with Crippen LogP contribution in [0.4, 0.5) is 10.1 Å². The zero-order valence-electron chi connectivity index (χ0n) is 18.6. The monoisotopic (exact) mass is 569 g/mol. The number of hydrogen-bond donors (Lipinski definition) is 1. The van der Waals surface area contributed by atoms with Crippen LogP contribution in [0.3, 0.4) is 0 Å². The summed E-state index contributed by atoms with van der Waals surface area (Å²) in [4.78, 5) is 27.7. The van der Waals surface area contributed by atoms with Gasteiger partial charge in [-0.25, -0.2) is 4.39 Å². The van der Waals surface area contributed by atoms with E-state index in [1.165, 1.54) is 62.8 Å². The van der Waals surface area contributed by atoms with Crippen molar-refractivity contribution >= 4 is 69.5 Å². The fourth-order valence-electron chi connectivity index (χ4n) is 4.03. The number of Topliss-reactive ketones (excluding diaryl/α,β-unsaturated/α-hetero) is 1. The summed E-state index contributed by atoms with van der Waals surface area (Å²) in [6.45, 7) is 0. The maximum absolute atomic E-state index is 13.7. The molecule has 0 saturated carbocycles. The third-order valence-corrected chi connectivity index (χ3v) is 6.61. The Morgan fingerprint density at radius 3 is 2.06 bits per heavy atom. The van der Waals surface area contributed by atoms with E-state index in [-0.39, 0.29) is 48.4 Å². The quantitative estimate of drug-likeness (QED) is 0.201. The minimum absolute atomic E-state index is 0.0269. The number of benzene rings is 3. The Hall–Kier alpha value is -2.97. The van der Waals surface area contributed by atoms with Crippen LogP contribution in [0, 0.1) is 5.82 Å². The van der Waals surface area contributed by atoms with E-state index in [4.69, 9.17) is 55.9 Å². The Bertz CT molecular complexity index is 1400. The lowest BCUT2D eigenvalue weighted by molar-refractivity contribution is -0.132. The van der Waals surface area contributed by atoms with Gasteiger partial charge in [0.2, 0.25) is 0 Å². The van der Waals surface area contributed by atoms with Crippen LogP contribution in [0.15, 0.2) is 54.1 Å². The van der Waals surface area contributed by atoms with Crippen LogP contribution in [0.2, 0.25) is 20.1 Å². The van der Waals surface area contributed by atoms with Crippen LogP contribution in [0.1, 0.15) is 17.2 Å². The van der Waals surface area contributed by atoms with Gasteiger partial charge in [0.05, 0.1) is 36.4 Å². The summed E-state index contributed by atoms with van der Waals surface area (Å²) in [5.74, 6) is -3.06. The molecule has 0 aromatic heterocycles. The molecule has 1 fully saturated rings. The maximum Gasteiger partial charge on any atom is 0.300 e. The van der Waals surface area contributed by atoms with Gasteiger partial charge >= 0.3 is 0 Å². The minimum atomic E-state index is -1.18. The van der Waals surface area contributed by atoms with Crippen molar-refractivity contribution < 1.29 is 28.6 Å². The molecule has 6 nitrogen and oxygen atoms in total. The average molecular weight is 571 g/mol. The lowest BCUT2D eigenvalue weighted by atomic mass is 9.94. The van der Waals surface area contributed by atoms with Crippen LogP contribution < -0.4 is 14.4 Å². The first kappa shape index (κ1) is 26.1. The molecule has 186 valence electrons. The third-order valence-electron chi connectivity index (χ3n) is 5.55. The Labute approximate surface area is 225 Å². The minimum Gasteiger partial charge on any atom is -0.507 e. The number of anilines is 1. The molecule has 3 aromatic carbocycles. The predicted octanol–water partition coefficient (Wildman–Crippen LogP) is 7.08. The molecule has 0 aliphatic carbocycles. The number of halogens is 5. The zero-order valence-corrected chi connectivity index (χ0v) is 21.6. The van der Waals surface area contributed by atoms with Crippen molar-refractivity contribution in [1.82, 2.24) is 0 Å². The summed E-state index contributed by atoms with van der Waals surface area (Å²) in [5.41, 5.74) is 0.166. The lowest BCUT2D eigenvalue weighted by Crippen LogP contribution is -2.29. The fourth-order valence-corrected chi connectivity index (χ4v) is 5.23. The maximum atomic E-state index is 13.7. The Morgan fingerprint density at radius 2 is 1.50 bits per heavy atom. The van der Waals surface area contributed by atoms with Gasteiger partial charge in [-0.05, 0) is 42.0 Å². The number of aliphatic hydroxyl groups excluding tert-OH is 1. The molecule has 1 saturated heterocycles. The fraction of sp³-hybridized carbons (Fsp3) is 0.120. The molecule has 36 heavy (non-hydrogen) atoms. The summed E-state index contributed by atoms with van der Waals surface area (Å²) in [6.07, 6.45) is 0. The third kappa shape index (κ3) is 4.48. The molecule has 1 unspecified atom stereocenters. The van der Waals surface area contributed by atoms with Gasteiger partial charge in [-0.2, -0.15) is 0 Å². The van der Waals surface area contributed by atoms with Gasteiger partial charge in [0.1, 0.15) is 16.6 Å². The van der Waals surface area contributed by atoms with Gasteiger partial charge in [0.15, 0.2) is 11.5 Å². The van der Waals surface area contributed by atoms with Crippen LogP contribution >= 0.6 is 46.4 Å². The molecular weight excluding hydrogens is 555 g/mol. The predicted molar refractivity (Wildman–Crippen MR) is 137 cm³/mol. The smallest absolute Gasteiger partial charge is 0.300 e. The number of amides is 1. The topological polar surface area (TPSA) is 76.1 Å². The van der Waals surface area contributed by atoms with Crippen molar-refractivity contribution in [1.29, 1.82) is 0 Å². The van der Waals surface area contributed by atoms with Crippen molar-refractivity contribution in [2.45, 2.75) is 6.04 Å². The number of rotatable bonds is 5. The number of nitrogens with zero attached hydrogens (tertiary/aromatic N) is 1. The van der Waals surface area contributed by atoms with E-state index in [0.717, 1.165) is 4.90 Å². The van der Waals surface area contributed by atoms with E-state index >= 15 is 0 Å². The first-order chi connectivity index (χ1) is 17.1. The van der Waals surface area contributed by atoms with Gasteiger partial charge in [-0.15, -0.1) is 0 Å². The Balaban J connectivity index is 2.03. The second-order valence-electron chi connectivity index (χ2n) is 7.63. The number of aliphatic hydroxyl groups is 1. The summed E-state index contributed by atoms with van der Waals surface area (Å²) in [7, 11) is 2.65. The normalized spacial score (nSPS) is 17.0. The molecule has 0 bridgehead atoms. The highest BCUT2D eigenvalue weighted by Gasteiger charge is 2.47. The molecule has 11 heteroatoms. The van der Waals surface area contributed by atoms with Crippen LogP contribution in [0.25, 0.3) is 5.76 Å². The first-order valence-corrected chi connectivity index (χ1v) is 11.7. The molecule has 1 heterocycles. The SMILES string of the molecule is COc1c(Cl)cc(/C(O)=C2\C(=O)C(=O)N(c3cc(Cl)cc(Cl)c3)C2c2ccc(F)cc2)c(OC)c1Cl. The molecule has 3 aromatic rings. The molecule has 1 aliphatic heterocycles. The van der Waals surface area contributed by atoms with E-state index in [9.17, 15) is 19.1 Å². The number of ketones is 1. The Morgan fingerprint density at radius 1 is 0.917 bits per heavy atom. The molecule has 4 rings (SSSR count). The van der Waals surface area contributed by atoms with Gasteiger partial charge in [0, 0.05) is 15.7 Å². The summed E-state index contributed by atoms with van der Waals surface area (Å²) in [6, 6.07) is 9.59. The first-order valence-electron chi connectivity index (χ1n) is 10.2. The highest BCUT2D eigenvalue weighted by molar-refractivity contribution is 6.52. The number of carbonyl (C=O) groups is 2. The van der Waals surface area contributed by atoms with E-state index < -0.39 is 29.3 Å². The van der Waals surface area contributed by atoms with E-state index in [2.05, 4.69) is 0 Å². The molecular formula is C25H16Cl4FNO5. The van der Waals surface area contributed by atoms with Crippen LogP contribution in [-0.2, 0) is 9.59 Å². The van der Waals surface area contributed by atoms with Crippen molar-refractivity contribution in [3.8, 4) is 11.5 Å². The summed E-state index contributed by atoms with van der Waals surface area (Å²) >= 11 is 24.9. The average Bonchev–Trinajstić information content (AvgIpc) is 3.09. The van der Waals surface area contributed by atoms with Crippen LogP contribution in [0.5, 0.6) is 11.5 Å².